The summed E-state index contributed by atoms with van der Waals surface area (Å²) < 4.78 is 40.1. The van der Waals surface area contributed by atoms with Gasteiger partial charge in [0.2, 0.25) is 0 Å². The van der Waals surface area contributed by atoms with Crippen LogP contribution in [0.4, 0.5) is 13.2 Å². The normalized spacial score (nSPS) is 12.3. The average Bonchev–Trinajstić information content (AvgIpc) is 3.00. The summed E-state index contributed by atoms with van der Waals surface area (Å²) in [7, 11) is 1.25. The first kappa shape index (κ1) is 31.1. The number of carboxylic acid groups (broad SMARTS) is 1. The summed E-state index contributed by atoms with van der Waals surface area (Å²) in [6.45, 7) is 0. The van der Waals surface area contributed by atoms with Crippen LogP contribution in [-0.4, -0.2) is 40.9 Å². The Morgan fingerprint density at radius 3 is 2.12 bits per heavy atom. The van der Waals surface area contributed by atoms with Gasteiger partial charge < -0.3 is 15.3 Å². The quantitative estimate of drug-likeness (QED) is 0.202. The molecule has 0 heterocycles. The SMILES string of the molecule is CN(C(=O)/C(=C\c1cccc(C(F)(F)F)c1)NC(=O)c1ccc(-c2ccccc2)cc1)[C@H](Cc1ccc(Cl)cc1)C(=O)O. The molecule has 2 amide bonds. The maximum atomic E-state index is 13.7. The minimum atomic E-state index is -4.64. The van der Waals surface area contributed by atoms with Crippen LogP contribution < -0.4 is 5.32 Å². The molecule has 1 atom stereocenters. The van der Waals surface area contributed by atoms with Gasteiger partial charge in [-0.05, 0) is 64.7 Å². The summed E-state index contributed by atoms with van der Waals surface area (Å²) in [5.41, 5.74) is 1.17. The van der Waals surface area contributed by atoms with Crippen molar-refractivity contribution in [3.05, 3.63) is 136 Å². The van der Waals surface area contributed by atoms with Crippen molar-refractivity contribution in [1.29, 1.82) is 0 Å². The van der Waals surface area contributed by atoms with E-state index in [1.807, 2.05) is 30.3 Å². The van der Waals surface area contributed by atoms with E-state index in [1.165, 1.54) is 19.2 Å². The van der Waals surface area contributed by atoms with Crippen molar-refractivity contribution in [1.82, 2.24) is 10.2 Å². The summed E-state index contributed by atoms with van der Waals surface area (Å²) in [5, 5.41) is 12.9. The molecule has 0 aliphatic rings. The van der Waals surface area contributed by atoms with Crippen LogP contribution >= 0.6 is 11.6 Å². The van der Waals surface area contributed by atoms with Crippen LogP contribution in [0, 0.1) is 0 Å². The second-order valence-electron chi connectivity index (χ2n) is 9.68. The number of carboxylic acids is 1. The number of benzene rings is 4. The smallest absolute Gasteiger partial charge is 0.416 e. The van der Waals surface area contributed by atoms with Crippen molar-refractivity contribution >= 4 is 35.5 Å². The summed E-state index contributed by atoms with van der Waals surface area (Å²) in [6.07, 6.45) is -3.63. The Morgan fingerprint density at radius 2 is 1.51 bits per heavy atom. The van der Waals surface area contributed by atoms with Gasteiger partial charge in [0.15, 0.2) is 0 Å². The molecule has 2 N–H and O–H groups in total. The van der Waals surface area contributed by atoms with E-state index in [4.69, 9.17) is 11.6 Å². The third-order valence-corrected chi connectivity index (χ3v) is 6.92. The molecule has 10 heteroatoms. The minimum absolute atomic E-state index is 0.0177. The highest BCUT2D eigenvalue weighted by Crippen LogP contribution is 2.30. The zero-order chi connectivity index (χ0) is 31.1. The van der Waals surface area contributed by atoms with Gasteiger partial charge in [0.05, 0.1) is 5.56 Å². The number of alkyl halides is 3. The van der Waals surface area contributed by atoms with Crippen LogP contribution in [0.5, 0.6) is 0 Å². The van der Waals surface area contributed by atoms with Gasteiger partial charge in [0, 0.05) is 24.1 Å². The molecule has 4 aromatic carbocycles. The summed E-state index contributed by atoms with van der Waals surface area (Å²) in [4.78, 5) is 40.0. The molecule has 0 fully saturated rings. The predicted molar refractivity (Wildman–Crippen MR) is 158 cm³/mol. The van der Waals surface area contributed by atoms with Crippen molar-refractivity contribution in [3.63, 3.8) is 0 Å². The van der Waals surface area contributed by atoms with Gasteiger partial charge in [-0.15, -0.1) is 0 Å². The Balaban J connectivity index is 1.66. The van der Waals surface area contributed by atoms with Gasteiger partial charge in [-0.2, -0.15) is 13.2 Å². The Labute approximate surface area is 251 Å². The van der Waals surface area contributed by atoms with Crippen molar-refractivity contribution in [2.75, 3.05) is 7.05 Å². The number of carbonyl (C=O) groups excluding carboxylic acids is 2. The van der Waals surface area contributed by atoms with E-state index < -0.39 is 41.3 Å². The second kappa shape index (κ2) is 13.4. The molecule has 0 aliphatic carbocycles. The number of aliphatic carboxylic acids is 1. The van der Waals surface area contributed by atoms with Gasteiger partial charge in [-0.3, -0.25) is 9.59 Å². The summed E-state index contributed by atoms with van der Waals surface area (Å²) >= 11 is 5.92. The lowest BCUT2D eigenvalue weighted by Gasteiger charge is -2.26. The van der Waals surface area contributed by atoms with E-state index >= 15 is 0 Å². The Bertz CT molecular complexity index is 1640. The van der Waals surface area contributed by atoms with E-state index in [2.05, 4.69) is 5.32 Å². The third kappa shape index (κ3) is 8.11. The standard InChI is InChI=1S/C33H26ClF3N2O4/c1-39(29(32(42)43)20-21-10-16-27(34)17-11-21)31(41)28(19-22-6-5-9-26(18-22)33(35,36)37)38-30(40)25-14-12-24(13-15-25)23-7-3-2-4-8-23/h2-19,29H,20H2,1H3,(H,38,40)(H,42,43)/b28-19+/t29-/m1/s1. The number of hydrogen-bond acceptors (Lipinski definition) is 3. The van der Waals surface area contributed by atoms with Crippen molar-refractivity contribution < 1.29 is 32.7 Å². The zero-order valence-corrected chi connectivity index (χ0v) is 23.6. The molecule has 0 radical (unpaired) electrons. The number of amides is 2. The van der Waals surface area contributed by atoms with Crippen LogP contribution in [-0.2, 0) is 22.2 Å². The maximum Gasteiger partial charge on any atom is 0.416 e. The fourth-order valence-corrected chi connectivity index (χ4v) is 4.45. The van der Waals surface area contributed by atoms with Crippen molar-refractivity contribution in [2.24, 2.45) is 0 Å². The largest absolute Gasteiger partial charge is 0.480 e. The van der Waals surface area contributed by atoms with E-state index in [0.717, 1.165) is 34.2 Å². The van der Waals surface area contributed by atoms with Gasteiger partial charge in [0.25, 0.3) is 11.8 Å². The summed E-state index contributed by atoms with van der Waals surface area (Å²) in [6, 6.07) is 25.3. The second-order valence-corrected chi connectivity index (χ2v) is 10.1. The molecule has 0 bridgehead atoms. The number of rotatable bonds is 9. The number of hydrogen-bond donors (Lipinski definition) is 2. The predicted octanol–water partition coefficient (Wildman–Crippen LogP) is 6.95. The fraction of sp³-hybridized carbons (Fsp3) is 0.121. The topological polar surface area (TPSA) is 86.7 Å². The monoisotopic (exact) mass is 606 g/mol. The zero-order valence-electron chi connectivity index (χ0n) is 22.8. The number of nitrogens with zero attached hydrogens (tertiary/aromatic N) is 1. The highest BCUT2D eigenvalue weighted by Gasteiger charge is 2.31. The highest BCUT2D eigenvalue weighted by molar-refractivity contribution is 6.30. The molecular formula is C33H26ClF3N2O4. The lowest BCUT2D eigenvalue weighted by atomic mass is 10.0. The molecule has 4 rings (SSSR count). The average molecular weight is 607 g/mol. The first-order valence-electron chi connectivity index (χ1n) is 13.0. The van der Waals surface area contributed by atoms with Crippen molar-refractivity contribution in [2.45, 2.75) is 18.6 Å². The Kier molecular flexibility index (Phi) is 9.67. The first-order valence-corrected chi connectivity index (χ1v) is 13.4. The van der Waals surface area contributed by atoms with Crippen LogP contribution in [0.1, 0.15) is 27.0 Å². The lowest BCUT2D eigenvalue weighted by Crippen LogP contribution is -2.46. The maximum absolute atomic E-state index is 13.7. The van der Waals surface area contributed by atoms with E-state index in [9.17, 15) is 32.7 Å². The van der Waals surface area contributed by atoms with Crippen LogP contribution in [0.15, 0.2) is 109 Å². The molecule has 4 aromatic rings. The molecule has 0 saturated heterocycles. The van der Waals surface area contributed by atoms with Crippen LogP contribution in [0.3, 0.4) is 0 Å². The molecule has 0 saturated carbocycles. The lowest BCUT2D eigenvalue weighted by molar-refractivity contribution is -0.147. The van der Waals surface area contributed by atoms with Gasteiger partial charge >= 0.3 is 12.1 Å². The van der Waals surface area contributed by atoms with Crippen molar-refractivity contribution in [3.8, 4) is 11.1 Å². The number of carbonyl (C=O) groups is 3. The van der Waals surface area contributed by atoms with Gasteiger partial charge in [-0.25, -0.2) is 4.79 Å². The Hall–Kier alpha value is -4.89. The molecule has 0 aliphatic heterocycles. The summed E-state index contributed by atoms with van der Waals surface area (Å²) in [5.74, 6) is -2.93. The van der Waals surface area contributed by atoms with Gasteiger partial charge in [-0.1, -0.05) is 78.3 Å². The van der Waals surface area contributed by atoms with Crippen LogP contribution in [0.2, 0.25) is 5.02 Å². The minimum Gasteiger partial charge on any atom is -0.480 e. The molecule has 0 unspecified atom stereocenters. The molecule has 0 spiro atoms. The van der Waals surface area contributed by atoms with E-state index in [-0.39, 0.29) is 17.5 Å². The number of nitrogens with one attached hydrogen (secondary N) is 1. The number of halogens is 4. The highest BCUT2D eigenvalue weighted by atomic mass is 35.5. The fourth-order valence-electron chi connectivity index (χ4n) is 4.33. The molecule has 6 nitrogen and oxygen atoms in total. The van der Waals surface area contributed by atoms with E-state index in [1.54, 1.807) is 48.5 Å². The van der Waals surface area contributed by atoms with Crippen LogP contribution in [0.25, 0.3) is 17.2 Å². The molecular weight excluding hydrogens is 581 g/mol. The third-order valence-electron chi connectivity index (χ3n) is 6.67. The van der Waals surface area contributed by atoms with Gasteiger partial charge in [0.1, 0.15) is 11.7 Å². The molecule has 220 valence electrons. The number of likely N-dealkylation sites (N-methyl/N-ethyl adjacent to an activating group) is 1. The van der Waals surface area contributed by atoms with E-state index in [0.29, 0.717) is 10.6 Å². The first-order chi connectivity index (χ1) is 20.4. The molecule has 43 heavy (non-hydrogen) atoms. The molecule has 0 aromatic heterocycles. The Morgan fingerprint density at radius 1 is 0.884 bits per heavy atom.